The molecule has 16 heavy (non-hydrogen) atoms. The average molecular weight is 218 g/mol. The molecule has 0 saturated heterocycles. The van der Waals surface area contributed by atoms with Gasteiger partial charge in [-0.05, 0) is 12.8 Å². The van der Waals surface area contributed by atoms with Gasteiger partial charge in [-0.15, -0.1) is 6.58 Å². The van der Waals surface area contributed by atoms with E-state index in [0.717, 1.165) is 5.82 Å². The number of rotatable bonds is 5. The standard InChI is InChI=1S/C11H14N4O/c1-2-5-12-11(16)9-6-14-10(7-13-9)15-8-3-4-8/h2,6-8H,1,3-5H2,(H,12,16)(H,14,15). The lowest BCUT2D eigenvalue weighted by atomic mass is 10.4. The van der Waals surface area contributed by atoms with E-state index in [1.807, 2.05) is 0 Å². The first-order valence-electron chi connectivity index (χ1n) is 5.27. The molecular formula is C11H14N4O. The summed E-state index contributed by atoms with van der Waals surface area (Å²) in [5.74, 6) is 0.494. The molecule has 0 aliphatic heterocycles. The van der Waals surface area contributed by atoms with Crippen LogP contribution in [0, 0.1) is 0 Å². The fourth-order valence-corrected chi connectivity index (χ4v) is 1.21. The van der Waals surface area contributed by atoms with E-state index < -0.39 is 0 Å². The Labute approximate surface area is 94.0 Å². The minimum Gasteiger partial charge on any atom is -0.366 e. The van der Waals surface area contributed by atoms with Crippen LogP contribution >= 0.6 is 0 Å². The topological polar surface area (TPSA) is 66.9 Å². The minimum absolute atomic E-state index is 0.231. The number of amides is 1. The summed E-state index contributed by atoms with van der Waals surface area (Å²) in [6.07, 6.45) is 7.05. The van der Waals surface area contributed by atoms with Gasteiger partial charge in [0.1, 0.15) is 11.5 Å². The number of nitrogens with one attached hydrogen (secondary N) is 2. The number of nitrogens with zero attached hydrogens (tertiary/aromatic N) is 2. The molecule has 1 aliphatic rings. The van der Waals surface area contributed by atoms with Crippen molar-refractivity contribution in [3.05, 3.63) is 30.7 Å². The van der Waals surface area contributed by atoms with E-state index in [1.54, 1.807) is 12.3 Å². The van der Waals surface area contributed by atoms with Crippen LogP contribution in [0.2, 0.25) is 0 Å². The first-order chi connectivity index (χ1) is 7.79. The van der Waals surface area contributed by atoms with Crippen molar-refractivity contribution in [1.29, 1.82) is 0 Å². The van der Waals surface area contributed by atoms with Crippen molar-refractivity contribution < 1.29 is 4.79 Å². The van der Waals surface area contributed by atoms with E-state index in [0.29, 0.717) is 18.3 Å². The van der Waals surface area contributed by atoms with Crippen LogP contribution in [-0.2, 0) is 0 Å². The largest absolute Gasteiger partial charge is 0.366 e. The van der Waals surface area contributed by atoms with Gasteiger partial charge < -0.3 is 10.6 Å². The van der Waals surface area contributed by atoms with Crippen molar-refractivity contribution >= 4 is 11.7 Å². The normalized spacial score (nSPS) is 14.2. The minimum atomic E-state index is -0.231. The highest BCUT2D eigenvalue weighted by Crippen LogP contribution is 2.22. The predicted octanol–water partition coefficient (Wildman–Crippen LogP) is 0.967. The van der Waals surface area contributed by atoms with E-state index in [1.165, 1.54) is 19.0 Å². The lowest BCUT2D eigenvalue weighted by Crippen LogP contribution is -2.24. The first-order valence-corrected chi connectivity index (χ1v) is 5.27. The average Bonchev–Trinajstić information content (AvgIpc) is 3.11. The summed E-state index contributed by atoms with van der Waals surface area (Å²) in [6, 6.07) is 0.537. The fraction of sp³-hybridized carbons (Fsp3) is 0.364. The van der Waals surface area contributed by atoms with Gasteiger partial charge in [0, 0.05) is 12.6 Å². The third kappa shape index (κ3) is 2.79. The Morgan fingerprint density at radius 3 is 2.88 bits per heavy atom. The van der Waals surface area contributed by atoms with E-state index in [4.69, 9.17) is 0 Å². The van der Waals surface area contributed by atoms with Gasteiger partial charge in [0.2, 0.25) is 0 Å². The van der Waals surface area contributed by atoms with Gasteiger partial charge in [-0.3, -0.25) is 4.79 Å². The molecule has 0 unspecified atom stereocenters. The van der Waals surface area contributed by atoms with Gasteiger partial charge in [0.05, 0.1) is 12.4 Å². The summed E-state index contributed by atoms with van der Waals surface area (Å²) < 4.78 is 0. The predicted molar refractivity (Wildman–Crippen MR) is 61.2 cm³/mol. The van der Waals surface area contributed by atoms with Gasteiger partial charge >= 0.3 is 0 Å². The number of carbonyl (C=O) groups is 1. The van der Waals surface area contributed by atoms with Crippen LogP contribution in [0.4, 0.5) is 5.82 Å². The van der Waals surface area contributed by atoms with Gasteiger partial charge in [-0.25, -0.2) is 9.97 Å². The Kier molecular flexibility index (Phi) is 3.14. The van der Waals surface area contributed by atoms with E-state index in [-0.39, 0.29) is 5.91 Å². The van der Waals surface area contributed by atoms with E-state index in [9.17, 15) is 4.79 Å². The second-order valence-electron chi connectivity index (χ2n) is 3.70. The van der Waals surface area contributed by atoms with Crippen molar-refractivity contribution in [3.63, 3.8) is 0 Å². The van der Waals surface area contributed by atoms with Gasteiger partial charge in [0.25, 0.3) is 5.91 Å². The molecular weight excluding hydrogens is 204 g/mol. The highest BCUT2D eigenvalue weighted by Gasteiger charge is 2.21. The van der Waals surface area contributed by atoms with E-state index in [2.05, 4.69) is 27.2 Å². The molecule has 84 valence electrons. The zero-order valence-corrected chi connectivity index (χ0v) is 8.94. The maximum Gasteiger partial charge on any atom is 0.271 e. The molecule has 1 amide bonds. The van der Waals surface area contributed by atoms with Crippen molar-refractivity contribution in [2.45, 2.75) is 18.9 Å². The van der Waals surface area contributed by atoms with E-state index >= 15 is 0 Å². The Morgan fingerprint density at radius 2 is 2.31 bits per heavy atom. The molecule has 5 heteroatoms. The monoisotopic (exact) mass is 218 g/mol. The second kappa shape index (κ2) is 4.74. The highest BCUT2D eigenvalue weighted by atomic mass is 16.1. The molecule has 1 aromatic heterocycles. The molecule has 0 spiro atoms. The Hall–Kier alpha value is -1.91. The molecule has 1 aliphatic carbocycles. The zero-order valence-electron chi connectivity index (χ0n) is 8.94. The number of hydrogen-bond acceptors (Lipinski definition) is 4. The van der Waals surface area contributed by atoms with Gasteiger partial charge in [-0.1, -0.05) is 6.08 Å². The van der Waals surface area contributed by atoms with Crippen LogP contribution in [0.3, 0.4) is 0 Å². The van der Waals surface area contributed by atoms with Crippen LogP contribution in [0.15, 0.2) is 25.0 Å². The summed E-state index contributed by atoms with van der Waals surface area (Å²) in [7, 11) is 0. The summed E-state index contributed by atoms with van der Waals surface area (Å²) in [5, 5.41) is 5.84. The third-order valence-electron chi connectivity index (χ3n) is 2.22. The molecule has 1 fully saturated rings. The molecule has 0 radical (unpaired) electrons. The molecule has 1 aromatic rings. The van der Waals surface area contributed by atoms with Crippen molar-refractivity contribution in [2.24, 2.45) is 0 Å². The Balaban J connectivity index is 1.94. The maximum atomic E-state index is 11.5. The summed E-state index contributed by atoms with van der Waals surface area (Å²) >= 11 is 0. The maximum absolute atomic E-state index is 11.5. The third-order valence-corrected chi connectivity index (χ3v) is 2.22. The molecule has 2 rings (SSSR count). The smallest absolute Gasteiger partial charge is 0.271 e. The molecule has 5 nitrogen and oxygen atoms in total. The van der Waals surface area contributed by atoms with Crippen LogP contribution < -0.4 is 10.6 Å². The quantitative estimate of drug-likeness (QED) is 0.722. The van der Waals surface area contributed by atoms with Crippen LogP contribution in [0.25, 0.3) is 0 Å². The summed E-state index contributed by atoms with van der Waals surface area (Å²) in [6.45, 7) is 3.95. The fourth-order valence-electron chi connectivity index (χ4n) is 1.21. The molecule has 2 N–H and O–H groups in total. The lowest BCUT2D eigenvalue weighted by molar-refractivity contribution is 0.0952. The Morgan fingerprint density at radius 1 is 1.50 bits per heavy atom. The number of anilines is 1. The zero-order chi connectivity index (χ0) is 11.4. The van der Waals surface area contributed by atoms with Crippen molar-refractivity contribution in [1.82, 2.24) is 15.3 Å². The van der Waals surface area contributed by atoms with Crippen molar-refractivity contribution in [2.75, 3.05) is 11.9 Å². The summed E-state index contributed by atoms with van der Waals surface area (Å²) in [4.78, 5) is 19.6. The number of carbonyl (C=O) groups excluding carboxylic acids is 1. The SMILES string of the molecule is C=CCNC(=O)c1cnc(NC2CC2)cn1. The number of aromatic nitrogens is 2. The first kappa shape index (κ1) is 10.6. The van der Waals surface area contributed by atoms with Crippen LogP contribution in [0.5, 0.6) is 0 Å². The molecule has 1 heterocycles. The number of hydrogen-bond donors (Lipinski definition) is 2. The lowest BCUT2D eigenvalue weighted by Gasteiger charge is -2.04. The molecule has 0 atom stereocenters. The van der Waals surface area contributed by atoms with Gasteiger partial charge in [-0.2, -0.15) is 0 Å². The molecule has 1 saturated carbocycles. The Bertz CT molecular complexity index is 383. The molecule has 0 bridgehead atoms. The van der Waals surface area contributed by atoms with Crippen molar-refractivity contribution in [3.8, 4) is 0 Å². The van der Waals surface area contributed by atoms with Crippen LogP contribution in [-0.4, -0.2) is 28.5 Å². The molecule has 0 aromatic carbocycles. The van der Waals surface area contributed by atoms with Gasteiger partial charge in [0.15, 0.2) is 0 Å². The summed E-state index contributed by atoms with van der Waals surface area (Å²) in [5.41, 5.74) is 0.322. The second-order valence-corrected chi connectivity index (χ2v) is 3.70. The van der Waals surface area contributed by atoms with Crippen LogP contribution in [0.1, 0.15) is 23.3 Å². The highest BCUT2D eigenvalue weighted by molar-refractivity contribution is 5.92.